The molecule has 0 atom stereocenters. The Morgan fingerprint density at radius 2 is 1.95 bits per heavy atom. The summed E-state index contributed by atoms with van der Waals surface area (Å²) in [6.45, 7) is 1.45. The molecule has 0 aliphatic carbocycles. The van der Waals surface area contributed by atoms with E-state index in [0.29, 0.717) is 16.8 Å². The Labute approximate surface area is 134 Å². The molecule has 0 amide bonds. The van der Waals surface area contributed by atoms with Crippen LogP contribution in [0.15, 0.2) is 48.5 Å². The molecule has 0 aromatic heterocycles. The summed E-state index contributed by atoms with van der Waals surface area (Å²) >= 11 is 11.4. The van der Waals surface area contributed by atoms with Gasteiger partial charge >= 0.3 is 0 Å². The standard InChI is InChI=1S/C15H15ClN4S/c16-12-6-2-4-8-14(12)18-15(21)17-10-20-9-11-5-1-3-7-13(11)19-20/h1-8,19H,9-10H2,(H2,17,18,21). The predicted molar refractivity (Wildman–Crippen MR) is 91.3 cm³/mol. The number of halogens is 1. The van der Waals surface area contributed by atoms with E-state index in [4.69, 9.17) is 23.8 Å². The minimum atomic E-state index is 0.542. The highest BCUT2D eigenvalue weighted by Gasteiger charge is 2.17. The van der Waals surface area contributed by atoms with Crippen molar-refractivity contribution in [2.45, 2.75) is 6.54 Å². The first kappa shape index (κ1) is 14.1. The third-order valence-corrected chi connectivity index (χ3v) is 3.79. The smallest absolute Gasteiger partial charge is 0.171 e. The number of nitrogens with zero attached hydrogens (tertiary/aromatic N) is 1. The largest absolute Gasteiger partial charge is 0.348 e. The third kappa shape index (κ3) is 3.44. The Morgan fingerprint density at radius 1 is 1.19 bits per heavy atom. The lowest BCUT2D eigenvalue weighted by Crippen LogP contribution is -2.39. The van der Waals surface area contributed by atoms with Crippen molar-refractivity contribution in [3.8, 4) is 0 Å². The first-order chi connectivity index (χ1) is 10.2. The van der Waals surface area contributed by atoms with Crippen LogP contribution in [0.5, 0.6) is 0 Å². The van der Waals surface area contributed by atoms with Crippen LogP contribution in [-0.2, 0) is 6.54 Å². The molecule has 0 unspecified atom stereocenters. The maximum absolute atomic E-state index is 6.08. The number of hydrazine groups is 1. The Hall–Kier alpha value is -1.82. The molecule has 2 aromatic rings. The summed E-state index contributed by atoms with van der Waals surface area (Å²) in [5.41, 5.74) is 6.55. The van der Waals surface area contributed by atoms with Crippen LogP contribution in [0.4, 0.5) is 11.4 Å². The minimum absolute atomic E-state index is 0.542. The van der Waals surface area contributed by atoms with Gasteiger partial charge in [-0.1, -0.05) is 41.9 Å². The van der Waals surface area contributed by atoms with Gasteiger partial charge in [-0.2, -0.15) is 5.01 Å². The third-order valence-electron chi connectivity index (χ3n) is 3.21. The first-order valence-corrected chi connectivity index (χ1v) is 7.40. The molecule has 4 nitrogen and oxygen atoms in total. The number of fused-ring (bicyclic) bond motifs is 1. The van der Waals surface area contributed by atoms with Gasteiger partial charge in [-0.05, 0) is 36.0 Å². The number of thiocarbonyl (C=S) groups is 1. The van der Waals surface area contributed by atoms with E-state index in [2.05, 4.69) is 33.2 Å². The van der Waals surface area contributed by atoms with E-state index >= 15 is 0 Å². The van der Waals surface area contributed by atoms with E-state index in [1.54, 1.807) is 0 Å². The molecule has 1 aliphatic heterocycles. The molecule has 2 aromatic carbocycles. The molecular weight excluding hydrogens is 304 g/mol. The zero-order valence-electron chi connectivity index (χ0n) is 11.3. The Balaban J connectivity index is 1.50. The maximum Gasteiger partial charge on any atom is 0.171 e. The van der Waals surface area contributed by atoms with Crippen LogP contribution in [0.2, 0.25) is 5.02 Å². The van der Waals surface area contributed by atoms with E-state index in [9.17, 15) is 0 Å². The summed E-state index contributed by atoms with van der Waals surface area (Å²) in [6.07, 6.45) is 0. The molecule has 0 saturated heterocycles. The topological polar surface area (TPSA) is 39.3 Å². The average Bonchev–Trinajstić information content (AvgIpc) is 2.90. The molecule has 0 spiro atoms. The van der Waals surface area contributed by atoms with Crippen LogP contribution in [0, 0.1) is 0 Å². The van der Waals surface area contributed by atoms with Crippen LogP contribution in [0.25, 0.3) is 0 Å². The van der Waals surface area contributed by atoms with Gasteiger partial charge in [-0.25, -0.2) is 0 Å². The van der Waals surface area contributed by atoms with Gasteiger partial charge in [0.15, 0.2) is 5.11 Å². The number of benzene rings is 2. The zero-order valence-corrected chi connectivity index (χ0v) is 12.8. The number of anilines is 2. The Kier molecular flexibility index (Phi) is 4.24. The van der Waals surface area contributed by atoms with Crippen molar-refractivity contribution >= 4 is 40.3 Å². The molecule has 0 radical (unpaired) electrons. The second-order valence-electron chi connectivity index (χ2n) is 4.74. The number of rotatable bonds is 3. The van der Waals surface area contributed by atoms with Crippen LogP contribution < -0.4 is 16.1 Å². The van der Waals surface area contributed by atoms with Gasteiger partial charge in [0.05, 0.1) is 23.1 Å². The molecule has 0 fully saturated rings. The molecule has 1 heterocycles. The lowest BCUT2D eigenvalue weighted by molar-refractivity contribution is 0.337. The molecule has 3 N–H and O–H groups in total. The summed E-state index contributed by atoms with van der Waals surface area (Å²) in [6, 6.07) is 15.8. The molecule has 6 heteroatoms. The molecular formula is C15H15ClN4S. The van der Waals surface area contributed by atoms with Crippen LogP contribution in [0.3, 0.4) is 0 Å². The van der Waals surface area contributed by atoms with Crippen molar-refractivity contribution in [1.29, 1.82) is 0 Å². The van der Waals surface area contributed by atoms with Gasteiger partial charge in [-0.3, -0.25) is 0 Å². The summed E-state index contributed by atoms with van der Waals surface area (Å²) in [5.74, 6) is 0. The van der Waals surface area contributed by atoms with Crippen molar-refractivity contribution in [2.24, 2.45) is 0 Å². The molecule has 0 saturated carbocycles. The van der Waals surface area contributed by atoms with Gasteiger partial charge in [0.1, 0.15) is 0 Å². The fourth-order valence-corrected chi connectivity index (χ4v) is 2.53. The van der Waals surface area contributed by atoms with Crippen molar-refractivity contribution < 1.29 is 0 Å². The minimum Gasteiger partial charge on any atom is -0.348 e. The highest BCUT2D eigenvalue weighted by Crippen LogP contribution is 2.23. The normalized spacial score (nSPS) is 13.4. The summed E-state index contributed by atoms with van der Waals surface area (Å²) < 4.78 is 0. The van der Waals surface area contributed by atoms with E-state index in [1.807, 2.05) is 36.4 Å². The van der Waals surface area contributed by atoms with Crippen LogP contribution >= 0.6 is 23.8 Å². The summed E-state index contributed by atoms with van der Waals surface area (Å²) in [7, 11) is 0. The summed E-state index contributed by atoms with van der Waals surface area (Å²) in [4.78, 5) is 0. The van der Waals surface area contributed by atoms with E-state index in [1.165, 1.54) is 5.56 Å². The molecule has 3 rings (SSSR count). The average molecular weight is 319 g/mol. The molecule has 108 valence electrons. The Morgan fingerprint density at radius 3 is 2.76 bits per heavy atom. The quantitative estimate of drug-likeness (QED) is 0.756. The predicted octanol–water partition coefficient (Wildman–Crippen LogP) is 3.43. The zero-order chi connectivity index (χ0) is 14.7. The summed E-state index contributed by atoms with van der Waals surface area (Å²) in [5, 5.41) is 9.50. The van der Waals surface area contributed by atoms with Gasteiger partial charge < -0.3 is 16.1 Å². The van der Waals surface area contributed by atoms with Gasteiger partial charge in [-0.15, -0.1) is 0 Å². The number of nitrogens with one attached hydrogen (secondary N) is 3. The number of hydrogen-bond donors (Lipinski definition) is 3. The number of para-hydroxylation sites is 2. The second-order valence-corrected chi connectivity index (χ2v) is 5.55. The second kappa shape index (κ2) is 6.30. The fraction of sp³-hybridized carbons (Fsp3) is 0.133. The molecule has 1 aliphatic rings. The maximum atomic E-state index is 6.08. The lowest BCUT2D eigenvalue weighted by atomic mass is 10.2. The van der Waals surface area contributed by atoms with E-state index in [0.717, 1.165) is 17.9 Å². The number of hydrogen-bond acceptors (Lipinski definition) is 3. The van der Waals surface area contributed by atoms with Gasteiger partial charge in [0, 0.05) is 6.54 Å². The lowest BCUT2D eigenvalue weighted by Gasteiger charge is -2.18. The molecule has 0 bridgehead atoms. The van der Waals surface area contributed by atoms with Crippen molar-refractivity contribution in [1.82, 2.24) is 10.3 Å². The van der Waals surface area contributed by atoms with Crippen molar-refractivity contribution in [3.63, 3.8) is 0 Å². The first-order valence-electron chi connectivity index (χ1n) is 6.61. The van der Waals surface area contributed by atoms with Crippen molar-refractivity contribution in [3.05, 3.63) is 59.1 Å². The van der Waals surface area contributed by atoms with E-state index in [-0.39, 0.29) is 0 Å². The highest BCUT2D eigenvalue weighted by molar-refractivity contribution is 7.80. The van der Waals surface area contributed by atoms with Crippen LogP contribution in [0.1, 0.15) is 5.56 Å². The van der Waals surface area contributed by atoms with E-state index < -0.39 is 0 Å². The van der Waals surface area contributed by atoms with Gasteiger partial charge in [0.25, 0.3) is 0 Å². The van der Waals surface area contributed by atoms with Gasteiger partial charge in [0.2, 0.25) is 0 Å². The monoisotopic (exact) mass is 318 g/mol. The Bertz CT molecular complexity index is 637. The SMILES string of the molecule is S=C(NCN1Cc2ccccc2N1)Nc1ccccc1Cl. The highest BCUT2D eigenvalue weighted by atomic mass is 35.5. The molecule has 21 heavy (non-hydrogen) atoms. The fourth-order valence-electron chi connectivity index (χ4n) is 2.17. The van der Waals surface area contributed by atoms with Crippen molar-refractivity contribution in [2.75, 3.05) is 17.4 Å². The van der Waals surface area contributed by atoms with Crippen LogP contribution in [-0.4, -0.2) is 16.8 Å².